The minimum Gasteiger partial charge on any atom is -0.468 e. The summed E-state index contributed by atoms with van der Waals surface area (Å²) in [5.41, 5.74) is -0.310. The third-order valence-electron chi connectivity index (χ3n) is 9.35. The maximum absolute atomic E-state index is 17.0. The van der Waals surface area contributed by atoms with E-state index in [4.69, 9.17) is 30.4 Å². The van der Waals surface area contributed by atoms with Gasteiger partial charge < -0.3 is 23.8 Å². The second-order valence-corrected chi connectivity index (χ2v) is 12.2. The molecule has 0 amide bonds. The molecule has 246 valence electrons. The van der Waals surface area contributed by atoms with Crippen molar-refractivity contribution in [1.82, 2.24) is 19.9 Å². The van der Waals surface area contributed by atoms with Crippen LogP contribution in [0.15, 0.2) is 30.5 Å². The van der Waals surface area contributed by atoms with E-state index >= 15 is 8.78 Å². The largest absolute Gasteiger partial charge is 0.468 e. The number of alkyl halides is 1. The maximum Gasteiger partial charge on any atom is 0.319 e. The standard InChI is InChI=1S/C35H36F3N5O4/c1-3-25-28(37)8-7-22-15-24(47-21-44-4-2)16-26(29(22)25)31-30(38)32-27(18-39-31)33(42-10-6-13-45-14-12-42)41-34(40-32)46-20-35-9-5-11-43(35)19-23(36)17-35/h1,7-8,15-16,18,23H,4-6,9-14,17,19-21H2,2H3/t23-,35+/m1/s1. The first-order valence-corrected chi connectivity index (χ1v) is 16.1. The van der Waals surface area contributed by atoms with Crippen molar-refractivity contribution in [1.29, 1.82) is 0 Å². The lowest BCUT2D eigenvalue weighted by Crippen LogP contribution is -2.43. The first-order chi connectivity index (χ1) is 22.9. The highest BCUT2D eigenvalue weighted by Crippen LogP contribution is 2.42. The number of rotatable bonds is 9. The lowest BCUT2D eigenvalue weighted by Gasteiger charge is -2.31. The van der Waals surface area contributed by atoms with Crippen LogP contribution in [0.4, 0.5) is 19.0 Å². The van der Waals surface area contributed by atoms with E-state index in [2.05, 4.69) is 20.8 Å². The van der Waals surface area contributed by atoms with E-state index in [0.717, 1.165) is 25.8 Å². The van der Waals surface area contributed by atoms with Crippen molar-refractivity contribution >= 4 is 27.5 Å². The topological polar surface area (TPSA) is 82.1 Å². The normalized spacial score (nSPS) is 21.6. The summed E-state index contributed by atoms with van der Waals surface area (Å²) in [6.45, 7) is 5.88. The second kappa shape index (κ2) is 13.1. The summed E-state index contributed by atoms with van der Waals surface area (Å²) < 4.78 is 69.5. The lowest BCUT2D eigenvalue weighted by molar-refractivity contribution is 0.0225. The first-order valence-electron chi connectivity index (χ1n) is 16.1. The number of hydrogen-bond acceptors (Lipinski definition) is 9. The summed E-state index contributed by atoms with van der Waals surface area (Å²) in [6.07, 6.45) is 9.26. The second-order valence-electron chi connectivity index (χ2n) is 12.2. The smallest absolute Gasteiger partial charge is 0.319 e. The summed E-state index contributed by atoms with van der Waals surface area (Å²) in [7, 11) is 0. The van der Waals surface area contributed by atoms with Crippen molar-refractivity contribution in [3.8, 4) is 35.4 Å². The molecule has 0 bridgehead atoms. The molecule has 9 nitrogen and oxygen atoms in total. The predicted molar refractivity (Wildman–Crippen MR) is 171 cm³/mol. The molecule has 5 heterocycles. The van der Waals surface area contributed by atoms with Crippen LogP contribution in [0, 0.1) is 24.0 Å². The Bertz CT molecular complexity index is 1840. The Hall–Kier alpha value is -4.18. The van der Waals surface area contributed by atoms with E-state index < -0.39 is 23.3 Å². The van der Waals surface area contributed by atoms with Crippen LogP contribution in [0.5, 0.6) is 11.8 Å². The fourth-order valence-corrected chi connectivity index (χ4v) is 7.14. The molecule has 4 aromatic rings. The molecule has 0 unspecified atom stereocenters. The molecule has 3 saturated heterocycles. The number of ether oxygens (including phenoxy) is 4. The van der Waals surface area contributed by atoms with E-state index in [0.29, 0.717) is 73.6 Å². The van der Waals surface area contributed by atoms with Gasteiger partial charge in [0.15, 0.2) is 12.6 Å². The molecule has 2 aromatic heterocycles. The average Bonchev–Trinajstić information content (AvgIpc) is 3.45. The number of nitrogens with zero attached hydrogens (tertiary/aromatic N) is 5. The van der Waals surface area contributed by atoms with Crippen molar-refractivity contribution < 1.29 is 32.1 Å². The van der Waals surface area contributed by atoms with Gasteiger partial charge >= 0.3 is 6.01 Å². The number of terminal acetylenes is 1. The van der Waals surface area contributed by atoms with Crippen LogP contribution < -0.4 is 14.4 Å². The number of fused-ring (bicyclic) bond motifs is 3. The molecule has 12 heteroatoms. The molecule has 0 aliphatic carbocycles. The Morgan fingerprint density at radius 2 is 2.00 bits per heavy atom. The van der Waals surface area contributed by atoms with Gasteiger partial charge in [-0.1, -0.05) is 12.0 Å². The summed E-state index contributed by atoms with van der Waals surface area (Å²) in [4.78, 5) is 18.0. The zero-order chi connectivity index (χ0) is 32.5. The fourth-order valence-electron chi connectivity index (χ4n) is 7.14. The van der Waals surface area contributed by atoms with E-state index in [-0.39, 0.29) is 41.7 Å². The number of aromatic nitrogens is 3. The minimum atomic E-state index is -0.920. The Morgan fingerprint density at radius 3 is 2.85 bits per heavy atom. The maximum atomic E-state index is 17.0. The third-order valence-corrected chi connectivity index (χ3v) is 9.35. The molecule has 2 atom stereocenters. The van der Waals surface area contributed by atoms with E-state index in [1.165, 1.54) is 12.3 Å². The first kappa shape index (κ1) is 31.4. The van der Waals surface area contributed by atoms with Gasteiger partial charge in [0.25, 0.3) is 0 Å². The summed E-state index contributed by atoms with van der Waals surface area (Å²) in [5.74, 6) is 1.90. The highest BCUT2D eigenvalue weighted by molar-refractivity contribution is 6.03. The minimum absolute atomic E-state index is 0.00809. The van der Waals surface area contributed by atoms with Gasteiger partial charge in [0.2, 0.25) is 0 Å². The van der Waals surface area contributed by atoms with Gasteiger partial charge in [-0.05, 0) is 56.3 Å². The van der Waals surface area contributed by atoms with Crippen LogP contribution in [0.1, 0.15) is 38.2 Å². The van der Waals surface area contributed by atoms with Crippen molar-refractivity contribution in [3.05, 3.63) is 47.7 Å². The zero-order valence-corrected chi connectivity index (χ0v) is 26.2. The van der Waals surface area contributed by atoms with Gasteiger partial charge in [-0.15, -0.1) is 6.42 Å². The Kier molecular flexibility index (Phi) is 8.79. The number of pyridine rings is 1. The Morgan fingerprint density at radius 1 is 1.11 bits per heavy atom. The van der Waals surface area contributed by atoms with Gasteiger partial charge in [-0.25, -0.2) is 13.2 Å². The van der Waals surface area contributed by atoms with Gasteiger partial charge in [-0.2, -0.15) is 9.97 Å². The van der Waals surface area contributed by atoms with E-state index in [1.807, 2.05) is 11.8 Å². The highest BCUT2D eigenvalue weighted by atomic mass is 19.1. The molecule has 0 radical (unpaired) electrons. The number of halogens is 3. The molecule has 47 heavy (non-hydrogen) atoms. The molecule has 7 rings (SSSR count). The van der Waals surface area contributed by atoms with Crippen LogP contribution in [0.3, 0.4) is 0 Å². The van der Waals surface area contributed by atoms with Gasteiger partial charge in [0, 0.05) is 56.4 Å². The summed E-state index contributed by atoms with van der Waals surface area (Å²) in [5, 5.41) is 1.26. The van der Waals surface area contributed by atoms with Gasteiger partial charge in [0.05, 0.1) is 23.1 Å². The number of hydrogen-bond donors (Lipinski definition) is 0. The Balaban J connectivity index is 1.37. The van der Waals surface area contributed by atoms with Crippen molar-refractivity contribution in [2.75, 3.05) is 64.3 Å². The summed E-state index contributed by atoms with van der Waals surface area (Å²) in [6, 6.07) is 6.09. The van der Waals surface area contributed by atoms with Crippen molar-refractivity contribution in [2.24, 2.45) is 0 Å². The molecule has 2 aromatic carbocycles. The van der Waals surface area contributed by atoms with Crippen LogP contribution in [-0.4, -0.2) is 91.0 Å². The lowest BCUT2D eigenvalue weighted by atomic mass is 9.95. The predicted octanol–water partition coefficient (Wildman–Crippen LogP) is 5.66. The Labute approximate surface area is 271 Å². The third kappa shape index (κ3) is 5.92. The van der Waals surface area contributed by atoms with Crippen molar-refractivity contribution in [3.63, 3.8) is 0 Å². The molecule has 3 aliphatic heterocycles. The van der Waals surface area contributed by atoms with Crippen LogP contribution in [0.25, 0.3) is 32.9 Å². The molecular formula is C35H36F3N5O4. The van der Waals surface area contributed by atoms with Gasteiger partial charge in [-0.3, -0.25) is 9.88 Å². The molecular weight excluding hydrogens is 611 g/mol. The molecule has 0 N–H and O–H groups in total. The average molecular weight is 648 g/mol. The fraction of sp³-hybridized carbons (Fsp3) is 0.457. The summed E-state index contributed by atoms with van der Waals surface area (Å²) >= 11 is 0. The van der Waals surface area contributed by atoms with E-state index in [1.54, 1.807) is 18.2 Å². The monoisotopic (exact) mass is 647 g/mol. The number of benzene rings is 2. The van der Waals surface area contributed by atoms with Crippen LogP contribution in [-0.2, 0) is 9.47 Å². The number of anilines is 1. The molecule has 0 spiro atoms. The molecule has 3 fully saturated rings. The molecule has 3 aliphatic rings. The highest BCUT2D eigenvalue weighted by Gasteiger charge is 2.49. The van der Waals surface area contributed by atoms with Crippen LogP contribution >= 0.6 is 0 Å². The van der Waals surface area contributed by atoms with E-state index in [9.17, 15) is 4.39 Å². The van der Waals surface area contributed by atoms with Gasteiger partial charge in [0.1, 0.15) is 41.4 Å². The quantitative estimate of drug-likeness (QED) is 0.130. The van der Waals surface area contributed by atoms with Crippen LogP contribution in [0.2, 0.25) is 0 Å². The zero-order valence-electron chi connectivity index (χ0n) is 26.2. The molecule has 0 saturated carbocycles. The van der Waals surface area contributed by atoms with Crippen molar-refractivity contribution in [2.45, 2.75) is 44.3 Å². The SMILES string of the molecule is C#Cc1c(F)ccc2cc(OCOCC)cc(-c3ncc4c(N5CCCOCC5)nc(OC[C@@]56CCCN5C[C@H](F)C6)nc4c3F)c12.